The number of halogens is 2. The van der Waals surface area contributed by atoms with Crippen molar-refractivity contribution in [1.82, 2.24) is 4.90 Å². The molecule has 1 aromatic rings. The first-order valence-corrected chi connectivity index (χ1v) is 7.20. The van der Waals surface area contributed by atoms with Crippen LogP contribution in [0, 0.1) is 11.7 Å². The number of nitrogens with zero attached hydrogens (tertiary/aromatic N) is 1. The third-order valence-electron chi connectivity index (χ3n) is 3.72. The Morgan fingerprint density at radius 3 is 2.72 bits per heavy atom. The first-order chi connectivity index (χ1) is 8.56. The fourth-order valence-corrected chi connectivity index (χ4v) is 2.91. The molecule has 2 rings (SSSR count). The Bertz CT molecular complexity index is 403. The van der Waals surface area contributed by atoms with Gasteiger partial charge < -0.3 is 5.11 Å². The van der Waals surface area contributed by atoms with Gasteiger partial charge in [0.25, 0.3) is 0 Å². The Morgan fingerprint density at radius 1 is 1.44 bits per heavy atom. The molecule has 1 aromatic carbocycles. The van der Waals surface area contributed by atoms with Gasteiger partial charge in [0.2, 0.25) is 0 Å². The van der Waals surface area contributed by atoms with Crippen LogP contribution in [0.3, 0.4) is 0 Å². The molecule has 2 nitrogen and oxygen atoms in total. The molecule has 1 N–H and O–H groups in total. The average Bonchev–Trinajstić information content (AvgIpc) is 2.34. The Kier molecular flexibility index (Phi) is 4.76. The van der Waals surface area contributed by atoms with Crippen LogP contribution in [0.25, 0.3) is 0 Å². The van der Waals surface area contributed by atoms with Crippen LogP contribution in [-0.4, -0.2) is 29.2 Å². The minimum absolute atomic E-state index is 0.143. The standard InChI is InChI=1S/C14H19BrFNO/c1-10(18)11-4-6-17(7-5-11)9-12-8-13(15)2-3-14(12)16/h2-3,8,10-11,18H,4-7,9H2,1H3. The van der Waals surface area contributed by atoms with E-state index in [1.807, 2.05) is 13.0 Å². The zero-order chi connectivity index (χ0) is 13.1. The van der Waals surface area contributed by atoms with Crippen LogP contribution in [0.15, 0.2) is 22.7 Å². The van der Waals surface area contributed by atoms with E-state index in [0.29, 0.717) is 12.5 Å². The largest absolute Gasteiger partial charge is 0.393 e. The summed E-state index contributed by atoms with van der Waals surface area (Å²) in [4.78, 5) is 2.25. The first kappa shape index (κ1) is 14.0. The van der Waals surface area contributed by atoms with E-state index in [-0.39, 0.29) is 11.9 Å². The van der Waals surface area contributed by atoms with E-state index < -0.39 is 0 Å². The smallest absolute Gasteiger partial charge is 0.127 e. The fraction of sp³-hybridized carbons (Fsp3) is 0.571. The molecule has 1 atom stereocenters. The quantitative estimate of drug-likeness (QED) is 0.926. The number of aliphatic hydroxyl groups is 1. The maximum absolute atomic E-state index is 13.6. The van der Waals surface area contributed by atoms with Crippen molar-refractivity contribution in [2.45, 2.75) is 32.4 Å². The lowest BCUT2D eigenvalue weighted by atomic mass is 9.92. The van der Waals surface area contributed by atoms with E-state index >= 15 is 0 Å². The summed E-state index contributed by atoms with van der Waals surface area (Å²) in [5, 5.41) is 9.55. The number of hydrogen-bond acceptors (Lipinski definition) is 2. The van der Waals surface area contributed by atoms with Crippen LogP contribution in [0.5, 0.6) is 0 Å². The number of piperidine rings is 1. The Morgan fingerprint density at radius 2 is 2.11 bits per heavy atom. The van der Waals surface area contributed by atoms with Crippen molar-refractivity contribution >= 4 is 15.9 Å². The van der Waals surface area contributed by atoms with E-state index in [4.69, 9.17) is 0 Å². The van der Waals surface area contributed by atoms with Crippen LogP contribution in [0.4, 0.5) is 4.39 Å². The molecule has 1 unspecified atom stereocenters. The lowest BCUT2D eigenvalue weighted by Crippen LogP contribution is -2.36. The molecule has 0 spiro atoms. The predicted molar refractivity (Wildman–Crippen MR) is 73.8 cm³/mol. The molecule has 1 aliphatic rings. The summed E-state index contributed by atoms with van der Waals surface area (Å²) in [5.41, 5.74) is 0.736. The molecular formula is C14H19BrFNO. The van der Waals surface area contributed by atoms with Crippen molar-refractivity contribution in [2.75, 3.05) is 13.1 Å². The number of rotatable bonds is 3. The van der Waals surface area contributed by atoms with E-state index in [9.17, 15) is 9.50 Å². The molecule has 0 bridgehead atoms. The highest BCUT2D eigenvalue weighted by Gasteiger charge is 2.23. The summed E-state index contributed by atoms with van der Waals surface area (Å²) in [6.45, 7) is 4.37. The normalized spacial score (nSPS) is 20.0. The maximum atomic E-state index is 13.6. The minimum Gasteiger partial charge on any atom is -0.393 e. The van der Waals surface area contributed by atoms with Gasteiger partial charge in [0.15, 0.2) is 0 Å². The minimum atomic E-state index is -0.227. The van der Waals surface area contributed by atoms with Crippen LogP contribution < -0.4 is 0 Å². The maximum Gasteiger partial charge on any atom is 0.127 e. The molecule has 0 aromatic heterocycles. The van der Waals surface area contributed by atoms with Gasteiger partial charge in [0, 0.05) is 16.6 Å². The molecule has 18 heavy (non-hydrogen) atoms. The second-order valence-electron chi connectivity index (χ2n) is 5.09. The molecule has 4 heteroatoms. The zero-order valence-corrected chi connectivity index (χ0v) is 12.2. The van der Waals surface area contributed by atoms with Crippen LogP contribution in [0.1, 0.15) is 25.3 Å². The van der Waals surface area contributed by atoms with Crippen molar-refractivity contribution < 1.29 is 9.50 Å². The molecule has 1 heterocycles. The lowest BCUT2D eigenvalue weighted by molar-refractivity contribution is 0.0692. The summed E-state index contributed by atoms with van der Waals surface area (Å²) >= 11 is 3.37. The van der Waals surface area contributed by atoms with E-state index in [2.05, 4.69) is 20.8 Å². The summed E-state index contributed by atoms with van der Waals surface area (Å²) in [6.07, 6.45) is 1.76. The van der Waals surface area contributed by atoms with E-state index in [0.717, 1.165) is 36.0 Å². The molecule has 1 fully saturated rings. The average molecular weight is 316 g/mol. The number of likely N-dealkylation sites (tertiary alicyclic amines) is 1. The SMILES string of the molecule is CC(O)C1CCN(Cc2cc(Br)ccc2F)CC1. The lowest BCUT2D eigenvalue weighted by Gasteiger charge is -2.33. The monoisotopic (exact) mass is 315 g/mol. The van der Waals surface area contributed by atoms with Crippen molar-refractivity contribution in [2.24, 2.45) is 5.92 Å². The van der Waals surface area contributed by atoms with Crippen molar-refractivity contribution in [3.8, 4) is 0 Å². The molecule has 1 aliphatic heterocycles. The number of aliphatic hydroxyl groups excluding tert-OH is 1. The molecular weight excluding hydrogens is 297 g/mol. The second-order valence-corrected chi connectivity index (χ2v) is 6.01. The van der Waals surface area contributed by atoms with E-state index in [1.54, 1.807) is 6.07 Å². The number of benzene rings is 1. The van der Waals surface area contributed by atoms with Gasteiger partial charge in [-0.2, -0.15) is 0 Å². The summed E-state index contributed by atoms with van der Waals surface area (Å²) in [5.74, 6) is 0.254. The Labute approximate surface area is 116 Å². The third kappa shape index (κ3) is 3.53. The van der Waals surface area contributed by atoms with Gasteiger partial charge in [-0.1, -0.05) is 15.9 Å². The highest BCUT2D eigenvalue weighted by Crippen LogP contribution is 2.23. The Balaban J connectivity index is 1.93. The van der Waals surface area contributed by atoms with Crippen LogP contribution in [-0.2, 0) is 6.54 Å². The van der Waals surface area contributed by atoms with Crippen LogP contribution >= 0.6 is 15.9 Å². The molecule has 0 aliphatic carbocycles. The highest BCUT2D eigenvalue weighted by molar-refractivity contribution is 9.10. The molecule has 100 valence electrons. The van der Waals surface area contributed by atoms with Gasteiger partial charge in [-0.15, -0.1) is 0 Å². The van der Waals surface area contributed by atoms with Gasteiger partial charge in [0.05, 0.1) is 6.10 Å². The van der Waals surface area contributed by atoms with Gasteiger partial charge in [-0.05, 0) is 57.0 Å². The topological polar surface area (TPSA) is 23.5 Å². The van der Waals surface area contributed by atoms with Crippen molar-refractivity contribution in [1.29, 1.82) is 0 Å². The zero-order valence-electron chi connectivity index (χ0n) is 10.6. The predicted octanol–water partition coefficient (Wildman–Crippen LogP) is 3.18. The molecule has 0 radical (unpaired) electrons. The van der Waals surface area contributed by atoms with Gasteiger partial charge in [0.1, 0.15) is 5.82 Å². The number of hydrogen-bond donors (Lipinski definition) is 1. The molecule has 0 amide bonds. The van der Waals surface area contributed by atoms with Gasteiger partial charge in [-0.25, -0.2) is 4.39 Å². The highest BCUT2D eigenvalue weighted by atomic mass is 79.9. The van der Waals surface area contributed by atoms with Crippen LogP contribution in [0.2, 0.25) is 0 Å². The fourth-order valence-electron chi connectivity index (χ4n) is 2.50. The first-order valence-electron chi connectivity index (χ1n) is 6.40. The summed E-state index contributed by atoms with van der Waals surface area (Å²) < 4.78 is 14.6. The third-order valence-corrected chi connectivity index (χ3v) is 4.21. The van der Waals surface area contributed by atoms with Gasteiger partial charge in [-0.3, -0.25) is 4.90 Å². The van der Waals surface area contributed by atoms with Crippen molar-refractivity contribution in [3.05, 3.63) is 34.1 Å². The van der Waals surface area contributed by atoms with E-state index in [1.165, 1.54) is 6.07 Å². The van der Waals surface area contributed by atoms with Crippen molar-refractivity contribution in [3.63, 3.8) is 0 Å². The second kappa shape index (κ2) is 6.13. The molecule has 0 saturated carbocycles. The molecule has 1 saturated heterocycles. The van der Waals surface area contributed by atoms with Gasteiger partial charge >= 0.3 is 0 Å². The summed E-state index contributed by atoms with van der Waals surface area (Å²) in [7, 11) is 0. The summed E-state index contributed by atoms with van der Waals surface area (Å²) in [6, 6.07) is 5.07. The Hall–Kier alpha value is -0.450.